The monoisotopic (exact) mass is 684 g/mol. The van der Waals surface area contributed by atoms with Gasteiger partial charge in [-0.2, -0.15) is 0 Å². The molecule has 1 N–H and O–H groups in total. The summed E-state index contributed by atoms with van der Waals surface area (Å²) in [7, 11) is 0.527. The molecule has 2 fully saturated rings. The topological polar surface area (TPSA) is 119 Å². The Kier molecular flexibility index (Phi) is 15.7. The summed E-state index contributed by atoms with van der Waals surface area (Å²) in [5, 5.41) is 9.77. The third-order valence-corrected chi connectivity index (χ3v) is 14.7. The number of benzene rings is 2. The molecule has 0 aromatic heterocycles. The summed E-state index contributed by atoms with van der Waals surface area (Å²) in [5.74, 6) is -0.895. The lowest BCUT2D eigenvalue weighted by atomic mass is 10.1. The quantitative estimate of drug-likeness (QED) is 0.158. The Labute approximate surface area is 286 Å². The zero-order valence-corrected chi connectivity index (χ0v) is 30.3. The zero-order valence-electron chi connectivity index (χ0n) is 29.3. The number of methoxy groups -OCH3 is 2. The molecule has 4 rings (SSSR count). The van der Waals surface area contributed by atoms with Crippen molar-refractivity contribution in [3.8, 4) is 0 Å². The van der Waals surface area contributed by atoms with Crippen molar-refractivity contribution in [3.05, 3.63) is 96.1 Å². The second kappa shape index (κ2) is 19.1. The van der Waals surface area contributed by atoms with Gasteiger partial charge in [-0.3, -0.25) is 0 Å². The van der Waals surface area contributed by atoms with E-state index >= 15 is 0 Å². The summed E-state index contributed by atoms with van der Waals surface area (Å²) in [6.45, 7) is 14.1. The zero-order chi connectivity index (χ0) is 35.3. The van der Waals surface area contributed by atoms with E-state index in [9.17, 15) is 14.7 Å². The molecule has 0 radical (unpaired) electrons. The highest BCUT2D eigenvalue weighted by Gasteiger charge is 2.48. The molecule has 2 aliphatic heterocycles. The maximum atomic E-state index is 11.7. The van der Waals surface area contributed by atoms with Gasteiger partial charge in [0.2, 0.25) is 8.32 Å². The van der Waals surface area contributed by atoms with Crippen LogP contribution in [0.4, 0.5) is 0 Å². The molecule has 6 atom stereocenters. The molecule has 2 heterocycles. The van der Waals surface area contributed by atoms with Gasteiger partial charge < -0.3 is 38.0 Å². The number of rotatable bonds is 11. The summed E-state index contributed by atoms with van der Waals surface area (Å²) >= 11 is 0. The van der Waals surface area contributed by atoms with Crippen molar-refractivity contribution in [1.29, 1.82) is 0 Å². The maximum absolute atomic E-state index is 11.7. The predicted molar refractivity (Wildman–Crippen MR) is 184 cm³/mol. The number of ether oxygens (including phenoxy) is 6. The number of hydrogen-bond acceptors (Lipinski definition) is 10. The molecule has 2 unspecified atom stereocenters. The van der Waals surface area contributed by atoms with Gasteiger partial charge >= 0.3 is 11.9 Å². The highest BCUT2D eigenvalue weighted by molar-refractivity contribution is 6.77. The Bertz CT molecular complexity index is 1290. The lowest BCUT2D eigenvalue weighted by Crippen LogP contribution is -2.55. The van der Waals surface area contributed by atoms with Crippen LogP contribution in [-0.2, 0) is 42.4 Å². The Morgan fingerprint density at radius 1 is 0.708 bits per heavy atom. The van der Waals surface area contributed by atoms with Crippen LogP contribution in [0.25, 0.3) is 0 Å². The van der Waals surface area contributed by atoms with Crippen molar-refractivity contribution < 1.29 is 47.5 Å². The minimum Gasteiger partial charge on any atom is -0.466 e. The lowest BCUT2D eigenvalue weighted by molar-refractivity contribution is -0.243. The molecule has 2 aliphatic rings. The molecule has 0 saturated carbocycles. The van der Waals surface area contributed by atoms with Gasteiger partial charge in [0.05, 0.1) is 33.5 Å². The number of esters is 2. The molecule has 0 aliphatic carbocycles. The summed E-state index contributed by atoms with van der Waals surface area (Å²) < 4.78 is 39.5. The number of carbonyl (C=O) groups excluding carboxylic acids is 2. The molecule has 2 aromatic carbocycles. The highest BCUT2D eigenvalue weighted by Crippen LogP contribution is 2.44. The van der Waals surface area contributed by atoms with Crippen LogP contribution >= 0.6 is 0 Å². The highest BCUT2D eigenvalue weighted by atomic mass is 28.4. The molecule has 2 saturated heterocycles. The maximum Gasteiger partial charge on any atom is 0.330 e. The van der Waals surface area contributed by atoms with Gasteiger partial charge in [0.25, 0.3) is 0 Å². The van der Waals surface area contributed by atoms with Crippen LogP contribution in [0.1, 0.15) is 65.2 Å². The second-order valence-corrected chi connectivity index (χ2v) is 18.1. The summed E-state index contributed by atoms with van der Waals surface area (Å²) in [5.41, 5.74) is 3.15. The first-order valence-electron chi connectivity index (χ1n) is 16.4. The first-order valence-corrected chi connectivity index (χ1v) is 18.6. The fourth-order valence-corrected chi connectivity index (χ4v) is 11.8. The number of aliphatic hydroxyl groups excluding tert-OH is 1. The van der Waals surface area contributed by atoms with Crippen molar-refractivity contribution >= 4 is 20.3 Å². The van der Waals surface area contributed by atoms with Crippen LogP contribution in [0.15, 0.2) is 85.0 Å². The average molecular weight is 685 g/mol. The Hall–Kier alpha value is -3.16. The Morgan fingerprint density at radius 3 is 1.56 bits per heavy atom. The Morgan fingerprint density at radius 2 is 1.12 bits per heavy atom. The van der Waals surface area contributed by atoms with Crippen LogP contribution in [0.3, 0.4) is 0 Å². The number of carbonyl (C=O) groups is 2. The third kappa shape index (κ3) is 10.7. The van der Waals surface area contributed by atoms with Gasteiger partial charge in [-0.1, -0.05) is 102 Å². The van der Waals surface area contributed by atoms with Gasteiger partial charge in [0.1, 0.15) is 18.3 Å². The largest absolute Gasteiger partial charge is 0.466 e. The molecule has 48 heavy (non-hydrogen) atoms. The minimum atomic E-state index is -2.13. The normalized spacial score (nSPS) is 24.9. The molecular formula is C37H52O10Si. The van der Waals surface area contributed by atoms with E-state index in [2.05, 4.69) is 46.3 Å². The van der Waals surface area contributed by atoms with Gasteiger partial charge in [-0.15, -0.1) is 0 Å². The summed E-state index contributed by atoms with van der Waals surface area (Å²) in [6, 6.07) is 19.2. The van der Waals surface area contributed by atoms with Crippen LogP contribution in [-0.4, -0.2) is 77.2 Å². The molecule has 0 amide bonds. The van der Waals surface area contributed by atoms with E-state index in [1.165, 1.54) is 32.4 Å². The predicted octanol–water partition coefficient (Wildman–Crippen LogP) is 6.58. The standard InChI is InChI=1S/C23H36O5Si.C14H16O5/c1-16(2)29(17(3)4,18(5)6)28-21-15-26-23(19-11-9-8-10-12-19)27-20(21)13-14-22(24)25-7;1-17-13(16)8-7-12-11(15)9-18-14(19-12)10-5-3-2-4-6-10/h8-14,16-18,20-21,23H,15H2,1-7H3;2-8,11-12,14-15H,9H2,1H3/b14-13+;8-7+/t20-,21+,23?;11-,12+,14?/m01/s1. The van der Waals surface area contributed by atoms with Crippen molar-refractivity contribution in [2.45, 2.75) is 95.2 Å². The fraction of sp³-hybridized carbons (Fsp3) is 0.514. The van der Waals surface area contributed by atoms with E-state index in [1.54, 1.807) is 6.08 Å². The molecule has 0 spiro atoms. The fourth-order valence-electron chi connectivity index (χ4n) is 6.27. The number of aliphatic hydroxyl groups is 1. The molecule has 0 bridgehead atoms. The van der Waals surface area contributed by atoms with Crippen LogP contribution in [0.2, 0.25) is 16.6 Å². The van der Waals surface area contributed by atoms with E-state index in [-0.39, 0.29) is 12.7 Å². The first kappa shape index (κ1) is 39.3. The SMILES string of the molecule is COC(=O)/C=C/[C@@H]1OC(c2ccccc2)OC[C@H]1O.COC(=O)/C=C/[C@@H]1OC(c2ccccc2)OC[C@H]1O[Si](C(C)C)(C(C)C)C(C)C. The minimum absolute atomic E-state index is 0.149. The van der Waals surface area contributed by atoms with Crippen molar-refractivity contribution in [1.82, 2.24) is 0 Å². The van der Waals surface area contributed by atoms with Crippen LogP contribution in [0, 0.1) is 0 Å². The average Bonchev–Trinajstić information content (AvgIpc) is 3.09. The molecule has 2 aromatic rings. The molecular weight excluding hydrogens is 632 g/mol. The van der Waals surface area contributed by atoms with Gasteiger partial charge in [0.15, 0.2) is 12.6 Å². The van der Waals surface area contributed by atoms with Gasteiger partial charge in [0, 0.05) is 23.3 Å². The number of hydrogen-bond donors (Lipinski definition) is 1. The summed E-state index contributed by atoms with van der Waals surface area (Å²) in [4.78, 5) is 22.7. The van der Waals surface area contributed by atoms with E-state index < -0.39 is 51.1 Å². The van der Waals surface area contributed by atoms with E-state index in [0.717, 1.165) is 11.1 Å². The smallest absolute Gasteiger partial charge is 0.330 e. The van der Waals surface area contributed by atoms with Gasteiger partial charge in [-0.05, 0) is 28.8 Å². The first-order chi connectivity index (χ1) is 22.9. The van der Waals surface area contributed by atoms with Crippen molar-refractivity contribution in [3.63, 3.8) is 0 Å². The molecule has 10 nitrogen and oxygen atoms in total. The van der Waals surface area contributed by atoms with Crippen LogP contribution in [0.5, 0.6) is 0 Å². The lowest BCUT2D eigenvalue weighted by Gasteiger charge is -2.47. The van der Waals surface area contributed by atoms with Crippen molar-refractivity contribution in [2.24, 2.45) is 0 Å². The second-order valence-electron chi connectivity index (χ2n) is 12.7. The molecule has 264 valence electrons. The van der Waals surface area contributed by atoms with Gasteiger partial charge in [-0.25, -0.2) is 9.59 Å². The molecule has 11 heteroatoms. The van der Waals surface area contributed by atoms with E-state index in [4.69, 9.17) is 28.1 Å². The Balaban J connectivity index is 0.000000284. The van der Waals surface area contributed by atoms with Crippen molar-refractivity contribution in [2.75, 3.05) is 27.4 Å². The van der Waals surface area contributed by atoms with Crippen LogP contribution < -0.4 is 0 Å². The van der Waals surface area contributed by atoms with E-state index in [0.29, 0.717) is 23.2 Å². The van der Waals surface area contributed by atoms with E-state index in [1.807, 2.05) is 60.7 Å². The summed E-state index contributed by atoms with van der Waals surface area (Å²) in [6.07, 6.45) is 2.78. The third-order valence-electron chi connectivity index (χ3n) is 8.59.